The van der Waals surface area contributed by atoms with Gasteiger partial charge in [-0.05, 0) is 42.7 Å². The van der Waals surface area contributed by atoms with Crippen LogP contribution in [0.25, 0.3) is 0 Å². The Morgan fingerprint density at radius 3 is 2.62 bits per heavy atom. The molecular weight excluding hydrogens is 280 g/mol. The van der Waals surface area contributed by atoms with E-state index in [9.17, 15) is 0 Å². The molecule has 0 aliphatic carbocycles. The number of ether oxygens (including phenoxy) is 1. The summed E-state index contributed by atoms with van der Waals surface area (Å²) >= 11 is 6.76. The van der Waals surface area contributed by atoms with Crippen LogP contribution in [0, 0.1) is 13.8 Å². The second kappa shape index (κ2) is 5.06. The van der Waals surface area contributed by atoms with Gasteiger partial charge in [0, 0.05) is 11.0 Å². The standard InChI is InChI=1S/C19H21ClO/c1-12-5-6-13(2)15(9-12)18(20)14-7-8-17-16(10-14)19(3,4)11-21-17/h5-10,18H,11H2,1-4H3. The third-order valence-corrected chi connectivity index (χ3v) is 4.81. The maximum atomic E-state index is 6.76. The van der Waals surface area contributed by atoms with Crippen LogP contribution in [0.1, 0.15) is 47.0 Å². The van der Waals surface area contributed by atoms with Crippen LogP contribution in [0.2, 0.25) is 0 Å². The fraction of sp³-hybridized carbons (Fsp3) is 0.368. The van der Waals surface area contributed by atoms with Gasteiger partial charge < -0.3 is 4.74 Å². The monoisotopic (exact) mass is 300 g/mol. The zero-order chi connectivity index (χ0) is 15.2. The van der Waals surface area contributed by atoms with Crippen molar-refractivity contribution in [2.24, 2.45) is 0 Å². The molecule has 2 aromatic carbocycles. The molecule has 2 aromatic rings. The molecule has 0 bridgehead atoms. The highest BCUT2D eigenvalue weighted by atomic mass is 35.5. The first-order chi connectivity index (χ1) is 9.88. The fourth-order valence-electron chi connectivity index (χ4n) is 2.91. The molecule has 0 saturated heterocycles. The number of benzene rings is 2. The lowest BCUT2D eigenvalue weighted by atomic mass is 9.85. The van der Waals surface area contributed by atoms with E-state index in [1.807, 2.05) is 0 Å². The first-order valence-electron chi connectivity index (χ1n) is 7.37. The molecule has 1 aliphatic heterocycles. The highest BCUT2D eigenvalue weighted by Crippen LogP contribution is 2.41. The Morgan fingerprint density at radius 1 is 1.10 bits per heavy atom. The van der Waals surface area contributed by atoms with E-state index in [0.29, 0.717) is 0 Å². The molecule has 0 saturated carbocycles. The van der Waals surface area contributed by atoms with E-state index in [-0.39, 0.29) is 10.8 Å². The Morgan fingerprint density at radius 2 is 1.86 bits per heavy atom. The maximum absolute atomic E-state index is 6.76. The Bertz CT molecular complexity index is 688. The number of halogens is 1. The van der Waals surface area contributed by atoms with Gasteiger partial charge in [0.05, 0.1) is 12.0 Å². The minimum Gasteiger partial charge on any atom is -0.492 e. The average molecular weight is 301 g/mol. The molecule has 110 valence electrons. The van der Waals surface area contributed by atoms with Gasteiger partial charge in [-0.15, -0.1) is 11.6 Å². The van der Waals surface area contributed by atoms with E-state index in [2.05, 4.69) is 64.1 Å². The minimum atomic E-state index is -0.119. The van der Waals surface area contributed by atoms with Gasteiger partial charge in [0.2, 0.25) is 0 Å². The van der Waals surface area contributed by atoms with E-state index in [1.54, 1.807) is 0 Å². The molecule has 1 nitrogen and oxygen atoms in total. The van der Waals surface area contributed by atoms with Gasteiger partial charge in [0.25, 0.3) is 0 Å². The summed E-state index contributed by atoms with van der Waals surface area (Å²) in [7, 11) is 0. The van der Waals surface area contributed by atoms with Crippen molar-refractivity contribution in [2.75, 3.05) is 6.61 Å². The van der Waals surface area contributed by atoms with Gasteiger partial charge in [0.1, 0.15) is 5.75 Å². The molecule has 0 aromatic heterocycles. The predicted octanol–water partition coefficient (Wildman–Crippen LogP) is 5.30. The summed E-state index contributed by atoms with van der Waals surface area (Å²) in [6.45, 7) is 9.38. The van der Waals surface area contributed by atoms with Crippen molar-refractivity contribution in [1.29, 1.82) is 0 Å². The highest BCUT2D eigenvalue weighted by molar-refractivity contribution is 6.22. The Balaban J connectivity index is 2.03. The van der Waals surface area contributed by atoms with Gasteiger partial charge in [-0.2, -0.15) is 0 Å². The van der Waals surface area contributed by atoms with E-state index < -0.39 is 0 Å². The number of hydrogen-bond donors (Lipinski definition) is 0. The molecular formula is C19H21ClO. The van der Waals surface area contributed by atoms with E-state index in [1.165, 1.54) is 22.3 Å². The molecule has 1 heterocycles. The van der Waals surface area contributed by atoms with Crippen molar-refractivity contribution in [3.8, 4) is 5.75 Å². The van der Waals surface area contributed by atoms with Crippen molar-refractivity contribution >= 4 is 11.6 Å². The predicted molar refractivity (Wildman–Crippen MR) is 88.6 cm³/mol. The highest BCUT2D eigenvalue weighted by Gasteiger charge is 2.32. The Labute approximate surface area is 131 Å². The number of hydrogen-bond acceptors (Lipinski definition) is 1. The van der Waals surface area contributed by atoms with Crippen molar-refractivity contribution in [3.05, 3.63) is 64.2 Å². The lowest BCUT2D eigenvalue weighted by molar-refractivity contribution is 0.291. The van der Waals surface area contributed by atoms with Crippen molar-refractivity contribution < 1.29 is 4.74 Å². The lowest BCUT2D eigenvalue weighted by Gasteiger charge is -2.18. The summed E-state index contributed by atoms with van der Waals surface area (Å²) in [6, 6.07) is 12.8. The van der Waals surface area contributed by atoms with Crippen LogP contribution in [0.5, 0.6) is 5.75 Å². The molecule has 0 N–H and O–H groups in total. The topological polar surface area (TPSA) is 9.23 Å². The summed E-state index contributed by atoms with van der Waals surface area (Å²) in [5, 5.41) is -0.119. The molecule has 0 amide bonds. The second-order valence-corrected chi connectivity index (χ2v) is 7.09. The Kier molecular flexibility index (Phi) is 3.49. The molecule has 3 rings (SSSR count). The summed E-state index contributed by atoms with van der Waals surface area (Å²) < 4.78 is 5.75. The van der Waals surface area contributed by atoms with Gasteiger partial charge in [-0.25, -0.2) is 0 Å². The number of fused-ring (bicyclic) bond motifs is 1. The molecule has 1 unspecified atom stereocenters. The lowest BCUT2D eigenvalue weighted by Crippen LogP contribution is -2.18. The Hall–Kier alpha value is -1.47. The third kappa shape index (κ3) is 2.55. The van der Waals surface area contributed by atoms with Crippen LogP contribution >= 0.6 is 11.6 Å². The number of alkyl halides is 1. The van der Waals surface area contributed by atoms with Crippen molar-refractivity contribution in [1.82, 2.24) is 0 Å². The fourth-order valence-corrected chi connectivity index (χ4v) is 3.28. The molecule has 1 aliphatic rings. The summed E-state index contributed by atoms with van der Waals surface area (Å²) in [5.74, 6) is 0.994. The van der Waals surface area contributed by atoms with Crippen LogP contribution in [-0.4, -0.2) is 6.61 Å². The van der Waals surface area contributed by atoms with Crippen LogP contribution < -0.4 is 4.74 Å². The van der Waals surface area contributed by atoms with Crippen LogP contribution in [0.4, 0.5) is 0 Å². The van der Waals surface area contributed by atoms with Gasteiger partial charge in [-0.1, -0.05) is 43.7 Å². The normalized spacial score (nSPS) is 17.2. The zero-order valence-corrected chi connectivity index (χ0v) is 13.8. The van der Waals surface area contributed by atoms with Gasteiger partial charge in [-0.3, -0.25) is 0 Å². The van der Waals surface area contributed by atoms with Crippen LogP contribution in [0.15, 0.2) is 36.4 Å². The maximum Gasteiger partial charge on any atom is 0.123 e. The number of aryl methyl sites for hydroxylation is 2. The summed E-state index contributed by atoms with van der Waals surface area (Å²) in [4.78, 5) is 0. The molecule has 1 atom stereocenters. The van der Waals surface area contributed by atoms with Gasteiger partial charge >= 0.3 is 0 Å². The van der Waals surface area contributed by atoms with Crippen molar-refractivity contribution in [3.63, 3.8) is 0 Å². The molecule has 21 heavy (non-hydrogen) atoms. The SMILES string of the molecule is Cc1ccc(C)c(C(Cl)c2ccc3c(c2)C(C)(C)CO3)c1. The second-order valence-electron chi connectivity index (χ2n) is 6.65. The van der Waals surface area contributed by atoms with E-state index >= 15 is 0 Å². The molecule has 2 heteroatoms. The molecule has 0 spiro atoms. The zero-order valence-electron chi connectivity index (χ0n) is 13.0. The quantitative estimate of drug-likeness (QED) is 0.684. The average Bonchev–Trinajstić information content (AvgIpc) is 2.76. The summed E-state index contributed by atoms with van der Waals surface area (Å²) in [5.41, 5.74) is 6.12. The first kappa shape index (κ1) is 14.5. The smallest absolute Gasteiger partial charge is 0.123 e. The minimum absolute atomic E-state index is 0.0591. The number of rotatable bonds is 2. The van der Waals surface area contributed by atoms with E-state index in [4.69, 9.17) is 16.3 Å². The summed E-state index contributed by atoms with van der Waals surface area (Å²) in [6.07, 6.45) is 0. The van der Waals surface area contributed by atoms with Crippen LogP contribution in [-0.2, 0) is 5.41 Å². The molecule has 0 radical (unpaired) electrons. The molecule has 0 fully saturated rings. The van der Waals surface area contributed by atoms with Crippen molar-refractivity contribution in [2.45, 2.75) is 38.5 Å². The first-order valence-corrected chi connectivity index (χ1v) is 7.80. The largest absolute Gasteiger partial charge is 0.492 e. The third-order valence-electron chi connectivity index (χ3n) is 4.32. The van der Waals surface area contributed by atoms with Crippen LogP contribution in [0.3, 0.4) is 0 Å². The van der Waals surface area contributed by atoms with E-state index in [0.717, 1.165) is 17.9 Å². The van der Waals surface area contributed by atoms with Gasteiger partial charge in [0.15, 0.2) is 0 Å².